The second-order valence-corrected chi connectivity index (χ2v) is 5.77. The van der Waals surface area contributed by atoms with Crippen molar-refractivity contribution in [3.63, 3.8) is 0 Å². The molecule has 1 aromatic carbocycles. The molecule has 5 heteroatoms. The predicted molar refractivity (Wildman–Crippen MR) is 73.4 cm³/mol. The van der Waals surface area contributed by atoms with E-state index in [1.54, 1.807) is 17.0 Å². The van der Waals surface area contributed by atoms with Crippen LogP contribution in [0, 0.1) is 17.1 Å². The maximum atomic E-state index is 13.6. The molecule has 0 aliphatic carbocycles. The molecule has 1 fully saturated rings. The number of likely N-dealkylation sites (tertiary alicyclic amines) is 1. The quantitative estimate of drug-likeness (QED) is 0.835. The zero-order valence-electron chi connectivity index (χ0n) is 10.7. The Morgan fingerprint density at radius 3 is 2.58 bits per heavy atom. The molecule has 0 radical (unpaired) electrons. The molecule has 2 rings (SSSR count). The normalized spacial score (nSPS) is 17.8. The molecular formula is C14H15FN2OS. The van der Waals surface area contributed by atoms with Crippen LogP contribution in [-0.2, 0) is 0 Å². The zero-order chi connectivity index (χ0) is 13.9. The van der Waals surface area contributed by atoms with Gasteiger partial charge in [-0.2, -0.15) is 5.26 Å². The molecule has 100 valence electrons. The Bertz CT molecular complexity index is 518. The number of nitriles is 1. The molecule has 1 aliphatic rings. The smallest absolute Gasteiger partial charge is 0.256 e. The van der Waals surface area contributed by atoms with Crippen LogP contribution in [0.3, 0.4) is 0 Å². The van der Waals surface area contributed by atoms with Crippen molar-refractivity contribution in [3.8, 4) is 6.07 Å². The lowest BCUT2D eigenvalue weighted by molar-refractivity contribution is 0.0712. The summed E-state index contributed by atoms with van der Waals surface area (Å²) in [5.74, 6) is -0.778. The summed E-state index contributed by atoms with van der Waals surface area (Å²) < 4.78 is 13.2. The fraction of sp³-hybridized carbons (Fsp3) is 0.429. The Morgan fingerprint density at radius 1 is 1.42 bits per heavy atom. The van der Waals surface area contributed by atoms with Gasteiger partial charge in [0.15, 0.2) is 0 Å². The van der Waals surface area contributed by atoms with Gasteiger partial charge in [-0.15, -0.1) is 11.8 Å². The number of carbonyl (C=O) groups is 1. The summed E-state index contributed by atoms with van der Waals surface area (Å²) in [5.41, 5.74) is 0.108. The van der Waals surface area contributed by atoms with Crippen molar-refractivity contribution in [2.75, 3.05) is 19.3 Å². The molecule has 1 amide bonds. The van der Waals surface area contributed by atoms with E-state index in [9.17, 15) is 14.4 Å². The van der Waals surface area contributed by atoms with E-state index in [2.05, 4.69) is 6.07 Å². The molecule has 0 bridgehead atoms. The summed E-state index contributed by atoms with van der Waals surface area (Å²) in [5, 5.41) is 9.19. The van der Waals surface area contributed by atoms with E-state index >= 15 is 0 Å². The Hall–Kier alpha value is -1.54. The average molecular weight is 278 g/mol. The molecule has 0 N–H and O–H groups in total. The van der Waals surface area contributed by atoms with Crippen LogP contribution >= 0.6 is 11.8 Å². The highest BCUT2D eigenvalue weighted by Gasteiger charge is 2.35. The van der Waals surface area contributed by atoms with Gasteiger partial charge in [0, 0.05) is 13.1 Å². The Balaban J connectivity index is 2.09. The third-order valence-corrected chi connectivity index (χ3v) is 4.84. The number of hydrogen-bond acceptors (Lipinski definition) is 3. The lowest BCUT2D eigenvalue weighted by Gasteiger charge is -2.36. The van der Waals surface area contributed by atoms with Gasteiger partial charge in [0.1, 0.15) is 10.6 Å². The molecule has 19 heavy (non-hydrogen) atoms. The topological polar surface area (TPSA) is 44.1 Å². The number of nitrogens with zero attached hydrogens (tertiary/aromatic N) is 2. The van der Waals surface area contributed by atoms with Gasteiger partial charge >= 0.3 is 0 Å². The molecule has 1 aromatic rings. The summed E-state index contributed by atoms with van der Waals surface area (Å²) in [6, 6.07) is 8.34. The third kappa shape index (κ3) is 2.74. The maximum absolute atomic E-state index is 13.6. The number of piperidine rings is 1. The molecule has 0 atom stereocenters. The van der Waals surface area contributed by atoms with Crippen molar-refractivity contribution in [1.82, 2.24) is 4.90 Å². The van der Waals surface area contributed by atoms with Crippen LogP contribution < -0.4 is 0 Å². The van der Waals surface area contributed by atoms with Gasteiger partial charge in [-0.05, 0) is 31.2 Å². The molecule has 0 aromatic heterocycles. The van der Waals surface area contributed by atoms with Gasteiger partial charge in [0.2, 0.25) is 0 Å². The van der Waals surface area contributed by atoms with Crippen LogP contribution in [0.15, 0.2) is 24.3 Å². The molecule has 0 unspecified atom stereocenters. The van der Waals surface area contributed by atoms with E-state index in [0.29, 0.717) is 25.9 Å². The second kappa shape index (κ2) is 5.62. The predicted octanol–water partition coefficient (Wildman–Crippen LogP) is 2.69. The fourth-order valence-electron chi connectivity index (χ4n) is 2.24. The summed E-state index contributed by atoms with van der Waals surface area (Å²) in [7, 11) is 0. The van der Waals surface area contributed by atoms with Crippen LogP contribution in [0.1, 0.15) is 23.2 Å². The molecule has 1 saturated heterocycles. The number of carbonyl (C=O) groups excluding carboxylic acids is 1. The first kappa shape index (κ1) is 13.9. The lowest BCUT2D eigenvalue weighted by atomic mass is 9.96. The summed E-state index contributed by atoms with van der Waals surface area (Å²) in [4.78, 5) is 13.8. The molecule has 0 spiro atoms. The Labute approximate surface area is 116 Å². The highest BCUT2D eigenvalue weighted by Crippen LogP contribution is 2.34. The van der Waals surface area contributed by atoms with Crippen LogP contribution in [-0.4, -0.2) is 34.9 Å². The summed E-state index contributed by atoms with van der Waals surface area (Å²) in [6.07, 6.45) is 3.17. The highest BCUT2D eigenvalue weighted by molar-refractivity contribution is 8.00. The standard InChI is InChI=1S/C14H15FN2OS/c1-19-14(10-16)6-8-17(9-7-14)13(18)11-4-2-3-5-12(11)15/h2-5H,6-9H2,1H3. The number of halogens is 1. The van der Waals surface area contributed by atoms with Gasteiger partial charge in [0.05, 0.1) is 11.6 Å². The molecular weight excluding hydrogens is 263 g/mol. The molecule has 0 saturated carbocycles. The van der Waals surface area contributed by atoms with E-state index in [-0.39, 0.29) is 11.5 Å². The first-order valence-electron chi connectivity index (χ1n) is 6.12. The minimum absolute atomic E-state index is 0.108. The molecule has 1 heterocycles. The van der Waals surface area contributed by atoms with Crippen molar-refractivity contribution in [2.45, 2.75) is 17.6 Å². The number of benzene rings is 1. The first-order chi connectivity index (χ1) is 9.12. The first-order valence-corrected chi connectivity index (χ1v) is 7.34. The number of thioether (sulfide) groups is 1. The van der Waals surface area contributed by atoms with Crippen molar-refractivity contribution >= 4 is 17.7 Å². The minimum atomic E-state index is -0.491. The van der Waals surface area contributed by atoms with Gasteiger partial charge in [0.25, 0.3) is 5.91 Å². The van der Waals surface area contributed by atoms with Crippen molar-refractivity contribution in [3.05, 3.63) is 35.6 Å². The van der Waals surface area contributed by atoms with Crippen molar-refractivity contribution in [1.29, 1.82) is 5.26 Å². The molecule has 1 aliphatic heterocycles. The van der Waals surface area contributed by atoms with E-state index in [1.807, 2.05) is 6.26 Å². The van der Waals surface area contributed by atoms with Gasteiger partial charge < -0.3 is 4.90 Å². The largest absolute Gasteiger partial charge is 0.338 e. The van der Waals surface area contributed by atoms with Crippen molar-refractivity contribution in [2.24, 2.45) is 0 Å². The minimum Gasteiger partial charge on any atom is -0.338 e. The van der Waals surface area contributed by atoms with Gasteiger partial charge in [-0.3, -0.25) is 4.79 Å². The van der Waals surface area contributed by atoms with E-state index < -0.39 is 10.6 Å². The fourth-order valence-corrected chi connectivity index (χ4v) is 2.92. The second-order valence-electron chi connectivity index (χ2n) is 4.58. The Kier molecular flexibility index (Phi) is 4.11. The van der Waals surface area contributed by atoms with Crippen LogP contribution in [0.5, 0.6) is 0 Å². The zero-order valence-corrected chi connectivity index (χ0v) is 11.5. The Morgan fingerprint density at radius 2 is 2.05 bits per heavy atom. The highest BCUT2D eigenvalue weighted by atomic mass is 32.2. The van der Waals surface area contributed by atoms with Crippen LogP contribution in [0.2, 0.25) is 0 Å². The van der Waals surface area contributed by atoms with E-state index in [0.717, 1.165) is 0 Å². The van der Waals surface area contributed by atoms with Crippen LogP contribution in [0.4, 0.5) is 4.39 Å². The maximum Gasteiger partial charge on any atom is 0.256 e. The van der Waals surface area contributed by atoms with Crippen LogP contribution in [0.25, 0.3) is 0 Å². The average Bonchev–Trinajstić information content (AvgIpc) is 2.47. The lowest BCUT2D eigenvalue weighted by Crippen LogP contribution is -2.44. The number of hydrogen-bond donors (Lipinski definition) is 0. The van der Waals surface area contributed by atoms with E-state index in [1.165, 1.54) is 23.9 Å². The SMILES string of the molecule is CSC1(C#N)CCN(C(=O)c2ccccc2F)CC1. The third-order valence-electron chi connectivity index (χ3n) is 3.56. The monoisotopic (exact) mass is 278 g/mol. The molecule has 3 nitrogen and oxygen atoms in total. The van der Waals surface area contributed by atoms with Crippen molar-refractivity contribution < 1.29 is 9.18 Å². The van der Waals surface area contributed by atoms with E-state index in [4.69, 9.17) is 0 Å². The number of amides is 1. The van der Waals surface area contributed by atoms with Gasteiger partial charge in [-0.25, -0.2) is 4.39 Å². The number of rotatable bonds is 2. The summed E-state index contributed by atoms with van der Waals surface area (Å²) in [6.45, 7) is 1.00. The summed E-state index contributed by atoms with van der Waals surface area (Å²) >= 11 is 1.53. The van der Waals surface area contributed by atoms with Gasteiger partial charge in [-0.1, -0.05) is 12.1 Å².